The molecule has 1 amide bonds. The van der Waals surface area contributed by atoms with Crippen LogP contribution in [0.4, 0.5) is 0 Å². The van der Waals surface area contributed by atoms with Crippen LogP contribution in [0.2, 0.25) is 0 Å². The van der Waals surface area contributed by atoms with Crippen molar-refractivity contribution in [3.05, 3.63) is 0 Å². The minimum Gasteiger partial charge on any atom is -1.00 e. The molecule has 0 aromatic heterocycles. The third-order valence-electron chi connectivity index (χ3n) is 4.29. The van der Waals surface area contributed by atoms with Crippen molar-refractivity contribution in [2.75, 3.05) is 0 Å². The average molecular weight is 405 g/mol. The summed E-state index contributed by atoms with van der Waals surface area (Å²) >= 11 is 0. The van der Waals surface area contributed by atoms with E-state index in [0.717, 1.165) is 19.3 Å². The Balaban J connectivity index is -0.000000480. The zero-order valence-electron chi connectivity index (χ0n) is 19.6. The van der Waals surface area contributed by atoms with Gasteiger partial charge in [0.2, 0.25) is 5.91 Å². The zero-order chi connectivity index (χ0) is 18.9. The van der Waals surface area contributed by atoms with E-state index in [1.807, 2.05) is 0 Å². The first-order chi connectivity index (χ1) is 12.0. The summed E-state index contributed by atoms with van der Waals surface area (Å²) in [7, 11) is 0. The van der Waals surface area contributed by atoms with Crippen LogP contribution in [-0.2, 0) is 14.4 Å². The normalized spacial score (nSPS) is 11.0. The van der Waals surface area contributed by atoms with E-state index in [0.29, 0.717) is 6.42 Å². The molecule has 0 saturated carbocycles. The predicted molar refractivity (Wildman–Crippen MR) is 99.7 cm³/mol. The van der Waals surface area contributed by atoms with E-state index in [-0.39, 0.29) is 80.7 Å². The Morgan fingerprint density at radius 2 is 1.22 bits per heavy atom. The number of carboxylic acids is 2. The fourth-order valence-corrected chi connectivity index (χ4v) is 2.74. The van der Waals surface area contributed by atoms with Gasteiger partial charge in [0.1, 0.15) is 6.04 Å². The van der Waals surface area contributed by atoms with Crippen LogP contribution in [0.5, 0.6) is 0 Å². The van der Waals surface area contributed by atoms with Gasteiger partial charge in [0.25, 0.3) is 0 Å². The first kappa shape index (κ1) is 32.1. The Bertz CT molecular complexity index is 405. The van der Waals surface area contributed by atoms with Gasteiger partial charge in [-0.2, -0.15) is 0 Å². The second kappa shape index (κ2) is 22.7. The van der Waals surface area contributed by atoms with Crippen molar-refractivity contribution in [2.45, 2.75) is 103 Å². The average Bonchev–Trinajstić information content (AvgIpc) is 2.56. The van der Waals surface area contributed by atoms with Gasteiger partial charge in [0.15, 0.2) is 0 Å². The number of hydrogen-bond acceptors (Lipinski definition) is 3. The summed E-state index contributed by atoms with van der Waals surface area (Å²) in [6.45, 7) is 2.22. The second-order valence-corrected chi connectivity index (χ2v) is 6.68. The largest absolute Gasteiger partial charge is 1.00 e. The number of unbranched alkanes of at least 4 members (excludes halogenated alkanes) is 10. The van der Waals surface area contributed by atoms with Crippen LogP contribution >= 0.6 is 0 Å². The van der Waals surface area contributed by atoms with Crippen molar-refractivity contribution in [3.63, 3.8) is 0 Å². The molecular weight excluding hydrogens is 368 g/mol. The quantitative estimate of drug-likeness (QED) is 0.199. The fraction of sp³-hybridized carbons (Fsp3) is 0.842. The van der Waals surface area contributed by atoms with Crippen molar-refractivity contribution in [3.8, 4) is 0 Å². The number of carbonyl (C=O) groups excluding carboxylic acids is 1. The Morgan fingerprint density at radius 3 is 1.63 bits per heavy atom. The molecule has 0 heterocycles. The van der Waals surface area contributed by atoms with E-state index in [9.17, 15) is 14.4 Å². The molecule has 0 bridgehead atoms. The third kappa shape index (κ3) is 22.6. The third-order valence-corrected chi connectivity index (χ3v) is 4.29. The van der Waals surface area contributed by atoms with Gasteiger partial charge in [0.05, 0.1) is 0 Å². The van der Waals surface area contributed by atoms with Gasteiger partial charge < -0.3 is 18.4 Å². The first-order valence-corrected chi connectivity index (χ1v) is 9.71. The van der Waals surface area contributed by atoms with E-state index in [1.165, 1.54) is 51.4 Å². The van der Waals surface area contributed by atoms with Gasteiger partial charge in [-0.3, -0.25) is 9.59 Å². The molecule has 0 aliphatic heterocycles. The molecule has 0 unspecified atom stereocenters. The predicted octanol–water partition coefficient (Wildman–Crippen LogP) is -1.65. The number of aliphatic carboxylic acids is 2. The van der Waals surface area contributed by atoms with Crippen LogP contribution < -0.4 is 64.4 Å². The number of carboxylic acid groups (broad SMARTS) is 2. The molecule has 0 aromatic carbocycles. The Morgan fingerprint density at radius 1 is 0.778 bits per heavy atom. The van der Waals surface area contributed by atoms with Gasteiger partial charge in [-0.1, -0.05) is 71.1 Å². The Hall–Kier alpha value is 0.410. The first-order valence-electron chi connectivity index (χ1n) is 9.71. The molecule has 1 atom stereocenters. The maximum atomic E-state index is 11.7. The van der Waals surface area contributed by atoms with Crippen LogP contribution in [0.25, 0.3) is 0 Å². The molecule has 0 spiro atoms. The molecule has 6 nitrogen and oxygen atoms in total. The van der Waals surface area contributed by atoms with E-state index < -0.39 is 18.0 Å². The summed E-state index contributed by atoms with van der Waals surface area (Å²) in [6, 6.07) is -1.11. The molecule has 0 radical (unpaired) electrons. The van der Waals surface area contributed by atoms with E-state index in [4.69, 9.17) is 10.2 Å². The summed E-state index contributed by atoms with van der Waals surface area (Å²) in [4.78, 5) is 33.2. The molecule has 0 aliphatic rings. The van der Waals surface area contributed by atoms with Gasteiger partial charge in [-0.15, -0.1) is 0 Å². The maximum Gasteiger partial charge on any atom is 1.00 e. The van der Waals surface area contributed by atoms with E-state index in [1.54, 1.807) is 0 Å². The van der Waals surface area contributed by atoms with E-state index >= 15 is 0 Å². The monoisotopic (exact) mass is 405 g/mol. The summed E-state index contributed by atoms with van der Waals surface area (Å²) < 4.78 is 0. The van der Waals surface area contributed by atoms with Crippen LogP contribution in [0, 0.1) is 0 Å². The molecule has 150 valence electrons. The van der Waals surface area contributed by atoms with Crippen molar-refractivity contribution >= 4 is 17.8 Å². The molecule has 0 rings (SSSR count). The standard InChI is InChI=1S/C19H35NO5.2Na.2H/c1-2-3-4-5-6-7-8-9-10-11-12-13-17(21)20-16(19(24)25)14-15-18(22)23;;;;/h16H,2-15H2,1H3,(H,20,21)(H,22,23)(H,24,25);;;;/q;2*+1;2*-1/t16-;;;;/m0..../s1. The molecule has 8 heteroatoms. The number of hydrogen-bond donors (Lipinski definition) is 3. The second-order valence-electron chi connectivity index (χ2n) is 6.68. The van der Waals surface area contributed by atoms with Gasteiger partial charge in [-0.25, -0.2) is 4.79 Å². The minimum atomic E-state index is -1.19. The maximum absolute atomic E-state index is 11.7. The van der Waals surface area contributed by atoms with E-state index in [2.05, 4.69) is 12.2 Å². The fourth-order valence-electron chi connectivity index (χ4n) is 2.74. The smallest absolute Gasteiger partial charge is 1.00 e. The topological polar surface area (TPSA) is 104 Å². The van der Waals surface area contributed by atoms with Gasteiger partial charge in [0, 0.05) is 12.8 Å². The van der Waals surface area contributed by atoms with Crippen molar-refractivity contribution in [1.82, 2.24) is 5.32 Å². The number of amides is 1. The molecule has 0 aliphatic carbocycles. The van der Waals surface area contributed by atoms with Crippen LogP contribution in [0.3, 0.4) is 0 Å². The van der Waals surface area contributed by atoms with Crippen molar-refractivity contribution in [2.24, 2.45) is 0 Å². The summed E-state index contributed by atoms with van der Waals surface area (Å²) in [5, 5.41) is 20.0. The minimum absolute atomic E-state index is 0. The number of nitrogens with one attached hydrogen (secondary N) is 1. The van der Waals surface area contributed by atoms with Crippen molar-refractivity contribution in [1.29, 1.82) is 0 Å². The van der Waals surface area contributed by atoms with Crippen LogP contribution in [0.15, 0.2) is 0 Å². The van der Waals surface area contributed by atoms with Crippen LogP contribution in [-0.4, -0.2) is 34.1 Å². The molecule has 27 heavy (non-hydrogen) atoms. The number of rotatable bonds is 17. The molecular formula is C19H37NNa2O5. The summed E-state index contributed by atoms with van der Waals surface area (Å²) in [6.07, 6.45) is 13.1. The Kier molecular flexibility index (Phi) is 27.0. The summed E-state index contributed by atoms with van der Waals surface area (Å²) in [5.74, 6) is -2.56. The zero-order valence-corrected chi connectivity index (χ0v) is 21.6. The van der Waals surface area contributed by atoms with Crippen molar-refractivity contribution < 1.29 is 86.6 Å². The molecule has 0 saturated heterocycles. The molecule has 3 N–H and O–H groups in total. The molecule has 0 fully saturated rings. The Labute approximate surface area is 211 Å². The SMILES string of the molecule is CCCCCCCCCCCCCC(=O)N[C@@H](CCC(=O)O)C(=O)O.[H-].[H-].[Na+].[Na+]. The summed E-state index contributed by atoms with van der Waals surface area (Å²) in [5.41, 5.74) is 0. The molecule has 0 aromatic rings. The number of carbonyl (C=O) groups is 3. The van der Waals surface area contributed by atoms with Gasteiger partial charge >= 0.3 is 71.1 Å². The van der Waals surface area contributed by atoms with Gasteiger partial charge in [-0.05, 0) is 12.8 Å². The van der Waals surface area contributed by atoms with Crippen LogP contribution in [0.1, 0.15) is 99.7 Å².